The fourth-order valence-electron chi connectivity index (χ4n) is 3.69. The highest BCUT2D eigenvalue weighted by Gasteiger charge is 2.37. The molecule has 2 fully saturated rings. The summed E-state index contributed by atoms with van der Waals surface area (Å²) < 4.78 is 39.1. The molecule has 0 bridgehead atoms. The highest BCUT2D eigenvalue weighted by atomic mass is 19.4. The highest BCUT2D eigenvalue weighted by molar-refractivity contribution is 5.79. The molecule has 1 amide bonds. The van der Waals surface area contributed by atoms with Crippen molar-refractivity contribution in [3.8, 4) is 0 Å². The number of alkyl halides is 3. The van der Waals surface area contributed by atoms with Crippen LogP contribution in [-0.4, -0.2) is 69.1 Å². The van der Waals surface area contributed by atoms with E-state index in [2.05, 4.69) is 10.3 Å². The van der Waals surface area contributed by atoms with E-state index in [0.29, 0.717) is 32.5 Å². The summed E-state index contributed by atoms with van der Waals surface area (Å²) in [6.45, 7) is 1.13. The molecule has 3 rings (SSSR count). The van der Waals surface area contributed by atoms with Gasteiger partial charge in [-0.15, -0.1) is 5.10 Å². The quantitative estimate of drug-likeness (QED) is 0.831. The highest BCUT2D eigenvalue weighted by Crippen LogP contribution is 2.27. The van der Waals surface area contributed by atoms with Crippen molar-refractivity contribution in [3.63, 3.8) is 0 Å². The summed E-state index contributed by atoms with van der Waals surface area (Å²) in [5.41, 5.74) is 0. The van der Waals surface area contributed by atoms with Gasteiger partial charge in [-0.1, -0.05) is 5.21 Å². The number of nitrogens with zero attached hydrogens (tertiary/aromatic N) is 5. The first-order valence-corrected chi connectivity index (χ1v) is 8.36. The first kappa shape index (κ1) is 17.2. The van der Waals surface area contributed by atoms with Crippen LogP contribution < -0.4 is 0 Å². The number of aromatic nitrogens is 3. The summed E-state index contributed by atoms with van der Waals surface area (Å²) >= 11 is 0. The molecule has 0 saturated carbocycles. The molecule has 0 spiro atoms. The number of halogens is 3. The van der Waals surface area contributed by atoms with E-state index in [0.717, 1.165) is 19.4 Å². The van der Waals surface area contributed by atoms with Crippen LogP contribution in [0.15, 0.2) is 12.4 Å². The summed E-state index contributed by atoms with van der Waals surface area (Å²) in [5.74, 6) is -0.0740. The van der Waals surface area contributed by atoms with Gasteiger partial charge in [0.25, 0.3) is 0 Å². The zero-order valence-electron chi connectivity index (χ0n) is 13.5. The van der Waals surface area contributed by atoms with Crippen LogP contribution in [0, 0.1) is 5.92 Å². The zero-order chi connectivity index (χ0) is 17.2. The number of hydrogen-bond donors (Lipinski definition) is 0. The Morgan fingerprint density at radius 3 is 2.54 bits per heavy atom. The topological polar surface area (TPSA) is 54.3 Å². The molecule has 6 nitrogen and oxygen atoms in total. The average molecular weight is 345 g/mol. The number of rotatable bonds is 4. The van der Waals surface area contributed by atoms with Gasteiger partial charge in [0.2, 0.25) is 5.91 Å². The molecule has 24 heavy (non-hydrogen) atoms. The molecule has 1 aromatic rings. The van der Waals surface area contributed by atoms with Crippen molar-refractivity contribution in [1.82, 2.24) is 24.8 Å². The minimum Gasteiger partial charge on any atom is -0.338 e. The molecule has 0 aliphatic carbocycles. The second-order valence-electron chi connectivity index (χ2n) is 6.62. The second-order valence-corrected chi connectivity index (χ2v) is 6.62. The van der Waals surface area contributed by atoms with E-state index in [-0.39, 0.29) is 17.9 Å². The van der Waals surface area contributed by atoms with Gasteiger partial charge in [-0.05, 0) is 38.8 Å². The Hall–Kier alpha value is -1.64. The molecule has 0 aromatic carbocycles. The van der Waals surface area contributed by atoms with Crippen molar-refractivity contribution < 1.29 is 18.0 Å². The molecular formula is C15H22F3N5O. The lowest BCUT2D eigenvalue weighted by molar-refractivity contribution is -0.151. The lowest BCUT2D eigenvalue weighted by atomic mass is 9.95. The van der Waals surface area contributed by atoms with E-state index in [9.17, 15) is 18.0 Å². The normalized spacial score (nSPS) is 23.8. The molecule has 0 unspecified atom stereocenters. The van der Waals surface area contributed by atoms with Crippen LogP contribution >= 0.6 is 0 Å². The molecule has 9 heteroatoms. The first-order valence-electron chi connectivity index (χ1n) is 8.36. The van der Waals surface area contributed by atoms with E-state index in [1.165, 1.54) is 4.90 Å². The number of amides is 1. The van der Waals surface area contributed by atoms with Crippen molar-refractivity contribution >= 4 is 5.91 Å². The van der Waals surface area contributed by atoms with Crippen LogP contribution in [0.5, 0.6) is 0 Å². The van der Waals surface area contributed by atoms with Crippen LogP contribution in [0.1, 0.15) is 25.7 Å². The number of piperidine rings is 1. The summed E-state index contributed by atoms with van der Waals surface area (Å²) in [5, 5.41) is 7.72. The predicted octanol–water partition coefficient (Wildman–Crippen LogP) is 1.54. The Labute approximate surface area is 138 Å². The lowest BCUT2D eigenvalue weighted by Gasteiger charge is -2.35. The Morgan fingerprint density at radius 1 is 1.17 bits per heavy atom. The van der Waals surface area contributed by atoms with Crippen molar-refractivity contribution in [2.45, 2.75) is 44.4 Å². The number of carbonyl (C=O) groups is 1. The number of carbonyl (C=O) groups excluding carboxylic acids is 1. The zero-order valence-corrected chi connectivity index (χ0v) is 13.5. The number of likely N-dealkylation sites (tertiary alicyclic amines) is 2. The fourth-order valence-corrected chi connectivity index (χ4v) is 3.69. The van der Waals surface area contributed by atoms with Gasteiger partial charge in [0.05, 0.1) is 25.3 Å². The van der Waals surface area contributed by atoms with Crippen molar-refractivity contribution in [3.05, 3.63) is 12.4 Å². The molecular weight excluding hydrogens is 323 g/mol. The Kier molecular flexibility index (Phi) is 5.07. The standard InChI is InChI=1S/C15H22F3N5O/c16-15(17,18)11-21-7-3-12(4-8-21)14(24)23-6-1-2-13(23)10-22-9-5-19-20-22/h5,9,12-13H,1-4,6-8,10-11H2/t13-/m0/s1. The van der Waals surface area contributed by atoms with Gasteiger partial charge in [-0.2, -0.15) is 13.2 Å². The van der Waals surface area contributed by atoms with Gasteiger partial charge in [-0.25, -0.2) is 0 Å². The van der Waals surface area contributed by atoms with Gasteiger partial charge >= 0.3 is 6.18 Å². The van der Waals surface area contributed by atoms with Gasteiger partial charge in [0.1, 0.15) is 0 Å². The molecule has 134 valence electrons. The van der Waals surface area contributed by atoms with Crippen LogP contribution in [0.2, 0.25) is 0 Å². The van der Waals surface area contributed by atoms with Crippen LogP contribution in [0.3, 0.4) is 0 Å². The smallest absolute Gasteiger partial charge is 0.338 e. The molecule has 1 atom stereocenters. The van der Waals surface area contributed by atoms with Gasteiger partial charge in [0.15, 0.2) is 0 Å². The lowest BCUT2D eigenvalue weighted by Crippen LogP contribution is -2.46. The Bertz CT molecular complexity index is 540. The minimum atomic E-state index is -4.17. The molecule has 3 heterocycles. The maximum atomic E-state index is 12.8. The summed E-state index contributed by atoms with van der Waals surface area (Å²) in [4.78, 5) is 16.1. The molecule has 2 aliphatic heterocycles. The summed E-state index contributed by atoms with van der Waals surface area (Å²) in [6.07, 6.45) is 2.10. The SMILES string of the molecule is O=C(C1CCN(CC(F)(F)F)CC1)N1CCC[C@H]1Cn1ccnn1. The van der Waals surface area contributed by atoms with Gasteiger partial charge in [-0.3, -0.25) is 14.4 Å². The fraction of sp³-hybridized carbons (Fsp3) is 0.800. The van der Waals surface area contributed by atoms with E-state index >= 15 is 0 Å². The molecule has 0 N–H and O–H groups in total. The van der Waals surface area contributed by atoms with Gasteiger partial charge < -0.3 is 4.90 Å². The molecule has 2 saturated heterocycles. The third-order valence-corrected chi connectivity index (χ3v) is 4.87. The monoisotopic (exact) mass is 345 g/mol. The predicted molar refractivity (Wildman–Crippen MR) is 80.0 cm³/mol. The molecule has 0 radical (unpaired) electrons. The van der Waals surface area contributed by atoms with E-state index in [1.807, 2.05) is 4.90 Å². The van der Waals surface area contributed by atoms with E-state index in [1.54, 1.807) is 17.1 Å². The molecule has 1 aromatic heterocycles. The van der Waals surface area contributed by atoms with Crippen LogP contribution in [0.4, 0.5) is 13.2 Å². The number of hydrogen-bond acceptors (Lipinski definition) is 4. The van der Waals surface area contributed by atoms with Crippen LogP contribution in [0.25, 0.3) is 0 Å². The van der Waals surface area contributed by atoms with Gasteiger partial charge in [0, 0.05) is 18.7 Å². The first-order chi connectivity index (χ1) is 11.4. The van der Waals surface area contributed by atoms with E-state index in [4.69, 9.17) is 0 Å². The summed E-state index contributed by atoms with van der Waals surface area (Å²) in [7, 11) is 0. The maximum absolute atomic E-state index is 12.8. The Balaban J connectivity index is 1.53. The maximum Gasteiger partial charge on any atom is 0.401 e. The Morgan fingerprint density at radius 2 is 1.92 bits per heavy atom. The van der Waals surface area contributed by atoms with Crippen molar-refractivity contribution in [2.24, 2.45) is 5.92 Å². The third kappa shape index (κ3) is 4.25. The average Bonchev–Trinajstić information content (AvgIpc) is 3.18. The second kappa shape index (κ2) is 7.08. The van der Waals surface area contributed by atoms with E-state index < -0.39 is 12.7 Å². The van der Waals surface area contributed by atoms with Crippen LogP contribution in [-0.2, 0) is 11.3 Å². The minimum absolute atomic E-state index is 0.0873. The summed E-state index contributed by atoms with van der Waals surface area (Å²) in [6, 6.07) is 0.104. The van der Waals surface area contributed by atoms with Crippen molar-refractivity contribution in [2.75, 3.05) is 26.2 Å². The molecule has 2 aliphatic rings. The largest absolute Gasteiger partial charge is 0.401 e. The van der Waals surface area contributed by atoms with Crippen molar-refractivity contribution in [1.29, 1.82) is 0 Å². The third-order valence-electron chi connectivity index (χ3n) is 4.87.